The van der Waals surface area contributed by atoms with Crippen LogP contribution in [0, 0.1) is 6.92 Å². The Kier molecular flexibility index (Phi) is 2.82. The minimum absolute atomic E-state index is 0.497. The average molecular weight is 205 g/mol. The van der Waals surface area contributed by atoms with Gasteiger partial charge in [0.15, 0.2) is 0 Å². The number of nitrogens with zero attached hydrogens (tertiary/aromatic N) is 1. The third kappa shape index (κ3) is 1.95. The summed E-state index contributed by atoms with van der Waals surface area (Å²) in [5, 5.41) is 0. The van der Waals surface area contributed by atoms with E-state index in [1.165, 1.54) is 11.3 Å². The first-order chi connectivity index (χ1) is 6.77. The second-order valence-corrected chi connectivity index (χ2v) is 4.61. The molecule has 0 N–H and O–H groups in total. The number of rotatable bonds is 1. The Bertz CT molecular complexity index is 329. The highest BCUT2D eigenvalue weighted by atomic mass is 32.2. The molecule has 14 heavy (non-hydrogen) atoms. The molecule has 2 rings (SSSR count). The Morgan fingerprint density at radius 3 is 2.64 bits per heavy atom. The van der Waals surface area contributed by atoms with Crippen molar-refractivity contribution in [1.29, 1.82) is 0 Å². The van der Waals surface area contributed by atoms with E-state index in [0.717, 1.165) is 5.75 Å². The average Bonchev–Trinajstić information content (AvgIpc) is 2.20. The molecule has 0 saturated carbocycles. The molecule has 0 fully saturated rings. The van der Waals surface area contributed by atoms with Gasteiger partial charge in [0.1, 0.15) is 0 Å². The standard InChI is InChI=1S/C12H15NS/c1-10-5-7-12(8-6-10)13-11(2)4-3-9-14-13/h3-8,11H,9H2,1-2H3. The third-order valence-electron chi connectivity index (χ3n) is 2.38. The Morgan fingerprint density at radius 1 is 1.29 bits per heavy atom. The fraction of sp³-hybridized carbons (Fsp3) is 0.333. The maximum absolute atomic E-state index is 2.36. The van der Waals surface area contributed by atoms with Crippen LogP contribution in [-0.2, 0) is 0 Å². The van der Waals surface area contributed by atoms with Crippen LogP contribution in [0.2, 0.25) is 0 Å². The fourth-order valence-electron chi connectivity index (χ4n) is 1.57. The minimum Gasteiger partial charge on any atom is -0.309 e. The second-order valence-electron chi connectivity index (χ2n) is 3.63. The molecular weight excluding hydrogens is 190 g/mol. The first-order valence-corrected chi connectivity index (χ1v) is 5.87. The van der Waals surface area contributed by atoms with Crippen LogP contribution in [-0.4, -0.2) is 11.8 Å². The predicted octanol–water partition coefficient (Wildman–Crippen LogP) is 3.41. The Balaban J connectivity index is 2.22. The van der Waals surface area contributed by atoms with Gasteiger partial charge in [0, 0.05) is 11.4 Å². The van der Waals surface area contributed by atoms with Crippen molar-refractivity contribution in [2.75, 3.05) is 10.1 Å². The SMILES string of the molecule is Cc1ccc(N2SCC=CC2C)cc1. The van der Waals surface area contributed by atoms with Gasteiger partial charge in [0.25, 0.3) is 0 Å². The van der Waals surface area contributed by atoms with Crippen molar-refractivity contribution < 1.29 is 0 Å². The monoisotopic (exact) mass is 205 g/mol. The number of aryl methyl sites for hydroxylation is 1. The number of hydrogen-bond acceptors (Lipinski definition) is 2. The summed E-state index contributed by atoms with van der Waals surface area (Å²) in [6.45, 7) is 4.35. The maximum atomic E-state index is 2.36. The van der Waals surface area contributed by atoms with E-state index < -0.39 is 0 Å². The first-order valence-electron chi connectivity index (χ1n) is 4.93. The van der Waals surface area contributed by atoms with Crippen molar-refractivity contribution in [2.24, 2.45) is 0 Å². The minimum atomic E-state index is 0.497. The van der Waals surface area contributed by atoms with Crippen molar-refractivity contribution in [3.05, 3.63) is 42.0 Å². The molecule has 1 aromatic carbocycles. The molecule has 0 bridgehead atoms. The van der Waals surface area contributed by atoms with Crippen LogP contribution in [0.4, 0.5) is 5.69 Å². The van der Waals surface area contributed by atoms with Gasteiger partial charge < -0.3 is 4.31 Å². The zero-order chi connectivity index (χ0) is 9.97. The van der Waals surface area contributed by atoms with Gasteiger partial charge in [-0.3, -0.25) is 0 Å². The summed E-state index contributed by atoms with van der Waals surface area (Å²) in [6, 6.07) is 9.22. The van der Waals surface area contributed by atoms with E-state index in [2.05, 4.69) is 54.6 Å². The normalized spacial score (nSPS) is 21.3. The molecule has 1 aliphatic rings. The van der Waals surface area contributed by atoms with Crippen LogP contribution in [0.15, 0.2) is 36.4 Å². The lowest BCUT2D eigenvalue weighted by Crippen LogP contribution is -2.27. The Morgan fingerprint density at radius 2 is 2.00 bits per heavy atom. The highest BCUT2D eigenvalue weighted by Gasteiger charge is 2.14. The summed E-state index contributed by atoms with van der Waals surface area (Å²) in [5.74, 6) is 1.08. The van der Waals surface area contributed by atoms with E-state index in [1.807, 2.05) is 11.9 Å². The van der Waals surface area contributed by atoms with Crippen molar-refractivity contribution in [2.45, 2.75) is 19.9 Å². The summed E-state index contributed by atoms with van der Waals surface area (Å²) in [6.07, 6.45) is 4.50. The van der Waals surface area contributed by atoms with Gasteiger partial charge in [0.2, 0.25) is 0 Å². The van der Waals surface area contributed by atoms with E-state index in [-0.39, 0.29) is 0 Å². The zero-order valence-electron chi connectivity index (χ0n) is 8.60. The Labute approximate surface area is 89.9 Å². The molecule has 0 aromatic heterocycles. The molecule has 0 radical (unpaired) electrons. The molecule has 1 atom stereocenters. The van der Waals surface area contributed by atoms with Crippen LogP contribution in [0.1, 0.15) is 12.5 Å². The van der Waals surface area contributed by atoms with Gasteiger partial charge in [0.05, 0.1) is 6.04 Å². The Hall–Kier alpha value is -0.890. The van der Waals surface area contributed by atoms with Crippen molar-refractivity contribution >= 4 is 17.6 Å². The maximum Gasteiger partial charge on any atom is 0.0558 e. The van der Waals surface area contributed by atoms with Gasteiger partial charge >= 0.3 is 0 Å². The molecule has 1 aliphatic heterocycles. The van der Waals surface area contributed by atoms with Crippen LogP contribution in [0.25, 0.3) is 0 Å². The van der Waals surface area contributed by atoms with Crippen LogP contribution < -0.4 is 4.31 Å². The van der Waals surface area contributed by atoms with E-state index in [9.17, 15) is 0 Å². The quantitative estimate of drug-likeness (QED) is 0.510. The lowest BCUT2D eigenvalue weighted by molar-refractivity contribution is 0.913. The van der Waals surface area contributed by atoms with Gasteiger partial charge in [-0.25, -0.2) is 0 Å². The summed E-state index contributed by atoms with van der Waals surface area (Å²) in [7, 11) is 0. The van der Waals surface area contributed by atoms with Crippen LogP contribution >= 0.6 is 11.9 Å². The molecular formula is C12H15NS. The van der Waals surface area contributed by atoms with E-state index in [0.29, 0.717) is 6.04 Å². The molecule has 0 saturated heterocycles. The molecule has 1 aromatic rings. The second kappa shape index (κ2) is 4.09. The molecule has 1 heterocycles. The molecule has 0 amide bonds. The van der Waals surface area contributed by atoms with Crippen molar-refractivity contribution in [3.8, 4) is 0 Å². The first kappa shape index (κ1) is 9.66. The number of benzene rings is 1. The topological polar surface area (TPSA) is 3.24 Å². The largest absolute Gasteiger partial charge is 0.309 e. The number of hydrogen-bond donors (Lipinski definition) is 0. The highest BCUT2D eigenvalue weighted by Crippen LogP contribution is 2.28. The van der Waals surface area contributed by atoms with Crippen LogP contribution in [0.5, 0.6) is 0 Å². The summed E-state index contributed by atoms with van der Waals surface area (Å²) in [5.41, 5.74) is 2.62. The lowest BCUT2D eigenvalue weighted by Gasteiger charge is -2.30. The van der Waals surface area contributed by atoms with Gasteiger partial charge in [-0.05, 0) is 37.9 Å². The summed E-state index contributed by atoms with van der Waals surface area (Å²) in [4.78, 5) is 0. The third-order valence-corrected chi connectivity index (χ3v) is 3.55. The van der Waals surface area contributed by atoms with Crippen molar-refractivity contribution in [1.82, 2.24) is 0 Å². The zero-order valence-corrected chi connectivity index (χ0v) is 9.42. The van der Waals surface area contributed by atoms with Gasteiger partial charge in [-0.2, -0.15) is 0 Å². The van der Waals surface area contributed by atoms with Gasteiger partial charge in [-0.15, -0.1) is 0 Å². The van der Waals surface area contributed by atoms with E-state index in [1.54, 1.807) is 0 Å². The summed E-state index contributed by atoms with van der Waals surface area (Å²) >= 11 is 1.88. The fourth-order valence-corrected chi connectivity index (χ4v) is 2.51. The predicted molar refractivity (Wildman–Crippen MR) is 64.7 cm³/mol. The van der Waals surface area contributed by atoms with Gasteiger partial charge in [-0.1, -0.05) is 29.8 Å². The molecule has 2 heteroatoms. The molecule has 0 aliphatic carbocycles. The highest BCUT2D eigenvalue weighted by molar-refractivity contribution is 8.00. The number of anilines is 1. The summed E-state index contributed by atoms with van der Waals surface area (Å²) < 4.78 is 2.36. The van der Waals surface area contributed by atoms with Crippen LogP contribution in [0.3, 0.4) is 0 Å². The van der Waals surface area contributed by atoms with Crippen molar-refractivity contribution in [3.63, 3.8) is 0 Å². The molecule has 1 nitrogen and oxygen atoms in total. The molecule has 0 spiro atoms. The van der Waals surface area contributed by atoms with E-state index >= 15 is 0 Å². The molecule has 1 unspecified atom stereocenters. The molecule has 74 valence electrons. The lowest BCUT2D eigenvalue weighted by atomic mass is 10.2. The van der Waals surface area contributed by atoms with E-state index in [4.69, 9.17) is 0 Å². The smallest absolute Gasteiger partial charge is 0.0558 e.